The lowest BCUT2D eigenvalue weighted by molar-refractivity contribution is 0.392. The van der Waals surface area contributed by atoms with Gasteiger partial charge in [-0.3, -0.25) is 0 Å². The molecule has 0 aromatic carbocycles. The number of nitrogens with zero attached hydrogens (tertiary/aromatic N) is 1. The molecule has 1 aromatic rings. The molecule has 88 valence electrons. The molecule has 0 spiro atoms. The molecular weight excluding hydrogens is 220 g/mol. The predicted molar refractivity (Wildman–Crippen MR) is 67.7 cm³/mol. The molecule has 2 heterocycles. The Morgan fingerprint density at radius 1 is 1.56 bits per heavy atom. The summed E-state index contributed by atoms with van der Waals surface area (Å²) >= 11 is 2.03. The fourth-order valence-corrected chi connectivity index (χ4v) is 3.34. The second-order valence-corrected chi connectivity index (χ2v) is 5.31. The van der Waals surface area contributed by atoms with E-state index in [1.807, 2.05) is 18.0 Å². The summed E-state index contributed by atoms with van der Waals surface area (Å²) < 4.78 is 5.18. The number of rotatable bonds is 3. The van der Waals surface area contributed by atoms with Crippen molar-refractivity contribution < 1.29 is 4.74 Å². The Morgan fingerprint density at radius 2 is 2.44 bits per heavy atom. The van der Waals surface area contributed by atoms with E-state index in [2.05, 4.69) is 11.1 Å². The highest BCUT2D eigenvalue weighted by Gasteiger charge is 2.17. The lowest BCUT2D eigenvalue weighted by Gasteiger charge is -2.22. The monoisotopic (exact) mass is 238 g/mol. The minimum Gasteiger partial charge on any atom is -0.481 e. The van der Waals surface area contributed by atoms with E-state index >= 15 is 0 Å². The summed E-state index contributed by atoms with van der Waals surface area (Å²) in [4.78, 5) is 4.33. The van der Waals surface area contributed by atoms with Crippen LogP contribution in [0.2, 0.25) is 0 Å². The second kappa shape index (κ2) is 5.55. The molecular formula is C12H18N2OS. The van der Waals surface area contributed by atoms with Crippen LogP contribution >= 0.6 is 11.8 Å². The first-order chi connectivity index (χ1) is 7.85. The van der Waals surface area contributed by atoms with E-state index in [9.17, 15) is 0 Å². The zero-order valence-electron chi connectivity index (χ0n) is 9.61. The third kappa shape index (κ3) is 2.50. The maximum absolute atomic E-state index is 5.70. The van der Waals surface area contributed by atoms with Gasteiger partial charge in [0.25, 0.3) is 0 Å². The first-order valence-corrected chi connectivity index (χ1v) is 6.74. The van der Waals surface area contributed by atoms with Gasteiger partial charge in [-0.05, 0) is 30.2 Å². The normalized spacial score (nSPS) is 20.8. The van der Waals surface area contributed by atoms with E-state index in [4.69, 9.17) is 10.5 Å². The Bertz CT molecular complexity index is 351. The standard InChI is InChI=1S/C12H18N2OS/c1-15-12-9(7-13)6-10(8-14-12)11-4-2-3-5-16-11/h6,8,11H,2-5,7,13H2,1H3. The van der Waals surface area contributed by atoms with Crippen molar-refractivity contribution in [2.75, 3.05) is 12.9 Å². The number of nitrogens with two attached hydrogens (primary N) is 1. The SMILES string of the molecule is COc1ncc(C2CCCCS2)cc1CN. The van der Waals surface area contributed by atoms with Gasteiger partial charge in [0.2, 0.25) is 5.88 Å². The molecule has 4 heteroatoms. The second-order valence-electron chi connectivity index (χ2n) is 4.00. The van der Waals surface area contributed by atoms with E-state index in [0.717, 1.165) is 5.56 Å². The smallest absolute Gasteiger partial charge is 0.217 e. The Morgan fingerprint density at radius 3 is 3.06 bits per heavy atom. The Labute approximate surface area is 101 Å². The summed E-state index contributed by atoms with van der Waals surface area (Å²) in [6.07, 6.45) is 5.85. The lowest BCUT2D eigenvalue weighted by atomic mass is 10.1. The number of hydrogen-bond acceptors (Lipinski definition) is 4. The van der Waals surface area contributed by atoms with Gasteiger partial charge in [-0.15, -0.1) is 0 Å². The number of thioether (sulfide) groups is 1. The van der Waals surface area contributed by atoms with Crippen LogP contribution in [-0.2, 0) is 6.54 Å². The van der Waals surface area contributed by atoms with Crippen molar-refractivity contribution in [3.63, 3.8) is 0 Å². The van der Waals surface area contributed by atoms with E-state index in [1.54, 1.807) is 7.11 Å². The number of aromatic nitrogens is 1. The van der Waals surface area contributed by atoms with Crippen molar-refractivity contribution >= 4 is 11.8 Å². The van der Waals surface area contributed by atoms with E-state index in [1.165, 1.54) is 30.6 Å². The fourth-order valence-electron chi connectivity index (χ4n) is 2.03. The average molecular weight is 238 g/mol. The maximum Gasteiger partial charge on any atom is 0.217 e. The van der Waals surface area contributed by atoms with E-state index in [-0.39, 0.29) is 0 Å². The zero-order valence-corrected chi connectivity index (χ0v) is 10.4. The van der Waals surface area contributed by atoms with Crippen molar-refractivity contribution in [1.29, 1.82) is 0 Å². The van der Waals surface area contributed by atoms with Crippen LogP contribution in [0, 0.1) is 0 Å². The fraction of sp³-hybridized carbons (Fsp3) is 0.583. The minimum absolute atomic E-state index is 0.488. The summed E-state index contributed by atoms with van der Waals surface area (Å²) in [5.41, 5.74) is 8.00. The minimum atomic E-state index is 0.488. The highest BCUT2D eigenvalue weighted by atomic mass is 32.2. The van der Waals surface area contributed by atoms with Gasteiger partial charge in [-0.1, -0.05) is 6.42 Å². The topological polar surface area (TPSA) is 48.1 Å². The van der Waals surface area contributed by atoms with Crippen LogP contribution in [-0.4, -0.2) is 17.8 Å². The number of methoxy groups -OCH3 is 1. The van der Waals surface area contributed by atoms with Gasteiger partial charge in [0, 0.05) is 23.6 Å². The maximum atomic E-state index is 5.70. The Kier molecular flexibility index (Phi) is 4.07. The predicted octanol–water partition coefficient (Wildman–Crippen LogP) is 2.51. The number of ether oxygens (including phenoxy) is 1. The van der Waals surface area contributed by atoms with Crippen LogP contribution in [0.15, 0.2) is 12.3 Å². The van der Waals surface area contributed by atoms with Crippen LogP contribution in [0.5, 0.6) is 5.88 Å². The highest BCUT2D eigenvalue weighted by molar-refractivity contribution is 7.99. The largest absolute Gasteiger partial charge is 0.481 e. The van der Waals surface area contributed by atoms with Crippen LogP contribution in [0.4, 0.5) is 0 Å². The summed E-state index contributed by atoms with van der Waals surface area (Å²) in [6.45, 7) is 0.488. The first kappa shape index (κ1) is 11.7. The molecule has 1 fully saturated rings. The molecule has 0 saturated carbocycles. The summed E-state index contributed by atoms with van der Waals surface area (Å²) in [7, 11) is 1.64. The van der Waals surface area contributed by atoms with Crippen LogP contribution in [0.1, 0.15) is 35.6 Å². The lowest BCUT2D eigenvalue weighted by Crippen LogP contribution is -2.06. The van der Waals surface area contributed by atoms with Crippen LogP contribution in [0.3, 0.4) is 0 Å². The summed E-state index contributed by atoms with van der Waals surface area (Å²) in [5, 5.41) is 0.595. The molecule has 1 aliphatic heterocycles. The zero-order chi connectivity index (χ0) is 11.4. The molecule has 16 heavy (non-hydrogen) atoms. The van der Waals surface area contributed by atoms with Gasteiger partial charge in [-0.2, -0.15) is 11.8 Å². The van der Waals surface area contributed by atoms with Gasteiger partial charge in [0.1, 0.15) is 0 Å². The molecule has 0 radical (unpaired) electrons. The molecule has 2 rings (SSSR count). The molecule has 1 aromatic heterocycles. The van der Waals surface area contributed by atoms with Gasteiger partial charge < -0.3 is 10.5 Å². The molecule has 1 saturated heterocycles. The van der Waals surface area contributed by atoms with Gasteiger partial charge in [-0.25, -0.2) is 4.98 Å². The first-order valence-electron chi connectivity index (χ1n) is 5.69. The van der Waals surface area contributed by atoms with Crippen molar-refractivity contribution in [1.82, 2.24) is 4.98 Å². The van der Waals surface area contributed by atoms with Crippen LogP contribution < -0.4 is 10.5 Å². The third-order valence-electron chi connectivity index (χ3n) is 2.91. The Balaban J connectivity index is 2.20. The molecule has 3 nitrogen and oxygen atoms in total. The van der Waals surface area contributed by atoms with Gasteiger partial charge >= 0.3 is 0 Å². The van der Waals surface area contributed by atoms with E-state index in [0.29, 0.717) is 17.7 Å². The molecule has 0 aliphatic carbocycles. The molecule has 2 N–H and O–H groups in total. The molecule has 0 amide bonds. The molecule has 0 bridgehead atoms. The molecule has 1 atom stereocenters. The Hall–Kier alpha value is -0.740. The average Bonchev–Trinajstić information content (AvgIpc) is 2.39. The van der Waals surface area contributed by atoms with Crippen LogP contribution in [0.25, 0.3) is 0 Å². The van der Waals surface area contributed by atoms with Crippen molar-refractivity contribution in [2.45, 2.75) is 31.1 Å². The highest BCUT2D eigenvalue weighted by Crippen LogP contribution is 2.38. The molecule has 1 aliphatic rings. The molecule has 1 unspecified atom stereocenters. The van der Waals surface area contributed by atoms with Gasteiger partial charge in [0.15, 0.2) is 0 Å². The summed E-state index contributed by atoms with van der Waals surface area (Å²) in [5.74, 6) is 1.92. The quantitative estimate of drug-likeness (QED) is 0.879. The van der Waals surface area contributed by atoms with Gasteiger partial charge in [0.05, 0.1) is 7.11 Å². The number of pyridine rings is 1. The third-order valence-corrected chi connectivity index (χ3v) is 4.35. The van der Waals surface area contributed by atoms with Crippen molar-refractivity contribution in [2.24, 2.45) is 5.73 Å². The summed E-state index contributed by atoms with van der Waals surface area (Å²) in [6, 6.07) is 2.15. The van der Waals surface area contributed by atoms with E-state index < -0.39 is 0 Å². The van der Waals surface area contributed by atoms with Crippen molar-refractivity contribution in [3.8, 4) is 5.88 Å². The number of hydrogen-bond donors (Lipinski definition) is 1. The van der Waals surface area contributed by atoms with Crippen molar-refractivity contribution in [3.05, 3.63) is 23.4 Å².